The van der Waals surface area contributed by atoms with Crippen LogP contribution in [0.25, 0.3) is 16.9 Å². The van der Waals surface area contributed by atoms with Crippen LogP contribution < -0.4 is 20.9 Å². The first kappa shape index (κ1) is 24.0. The molecule has 1 fully saturated rings. The van der Waals surface area contributed by atoms with E-state index in [0.717, 1.165) is 18.3 Å². The lowest BCUT2D eigenvalue weighted by atomic mass is 10.1. The number of nitrogens with one attached hydrogen (secondary N) is 2. The summed E-state index contributed by atoms with van der Waals surface area (Å²) < 4.78 is 76.4. The number of rotatable bonds is 4. The molecular weight excluding hydrogens is 505 g/mol. The number of H-pyrrole nitrogens is 2. The quantitative estimate of drug-likeness (QED) is 0.396. The number of halogens is 5. The summed E-state index contributed by atoms with van der Waals surface area (Å²) in [5.41, 5.74) is -3.11. The summed E-state index contributed by atoms with van der Waals surface area (Å²) >= 11 is 0. The number of anilines is 1. The van der Waals surface area contributed by atoms with Crippen molar-refractivity contribution in [3.63, 3.8) is 0 Å². The normalized spacial score (nSPS) is 17.2. The number of fused-ring (bicyclic) bond motifs is 1. The molecule has 10 nitrogen and oxygen atoms in total. The molecule has 15 heteroatoms. The lowest BCUT2D eigenvalue weighted by Gasteiger charge is -2.20. The van der Waals surface area contributed by atoms with Gasteiger partial charge in [0.1, 0.15) is 11.4 Å². The van der Waals surface area contributed by atoms with Gasteiger partial charge in [0, 0.05) is 18.6 Å². The van der Waals surface area contributed by atoms with Crippen LogP contribution in [0.1, 0.15) is 11.1 Å². The zero-order valence-electron chi connectivity index (χ0n) is 18.4. The SMILES string of the molecule is N#Cc1ccc(O[C@H]2CN(c3cc(-c4c[nH]c(=O)[nH]c4=O)nn4ccnc34)CC2(F)F)cc1C(F)(F)F. The second-order valence-corrected chi connectivity index (χ2v) is 8.16. The molecule has 1 atom stereocenters. The third-order valence-corrected chi connectivity index (χ3v) is 5.73. The van der Waals surface area contributed by atoms with Crippen LogP contribution in [-0.4, -0.2) is 49.7 Å². The first-order valence-corrected chi connectivity index (χ1v) is 10.5. The number of nitrogens with zero attached hydrogens (tertiary/aromatic N) is 5. The molecule has 1 saturated heterocycles. The van der Waals surface area contributed by atoms with E-state index in [-0.39, 0.29) is 22.6 Å². The first-order chi connectivity index (χ1) is 17.5. The van der Waals surface area contributed by atoms with Crippen LogP contribution >= 0.6 is 0 Å². The molecule has 3 aromatic heterocycles. The minimum absolute atomic E-state index is 0.0348. The summed E-state index contributed by atoms with van der Waals surface area (Å²) in [4.78, 5) is 33.3. The van der Waals surface area contributed by atoms with Crippen LogP contribution in [0, 0.1) is 11.3 Å². The number of hydrogen-bond donors (Lipinski definition) is 2. The van der Waals surface area contributed by atoms with Crippen molar-refractivity contribution in [1.29, 1.82) is 5.26 Å². The molecule has 0 unspecified atom stereocenters. The van der Waals surface area contributed by atoms with Crippen molar-refractivity contribution in [3.8, 4) is 23.1 Å². The van der Waals surface area contributed by atoms with Crippen LogP contribution in [0.3, 0.4) is 0 Å². The molecule has 1 aromatic carbocycles. The molecule has 37 heavy (non-hydrogen) atoms. The number of imidazole rings is 1. The van der Waals surface area contributed by atoms with Gasteiger partial charge in [0.25, 0.3) is 5.56 Å². The fourth-order valence-corrected chi connectivity index (χ4v) is 4.02. The lowest BCUT2D eigenvalue weighted by molar-refractivity contribution is -0.138. The zero-order chi connectivity index (χ0) is 26.5. The van der Waals surface area contributed by atoms with Gasteiger partial charge >= 0.3 is 17.8 Å². The number of benzene rings is 1. The van der Waals surface area contributed by atoms with Gasteiger partial charge in [0.2, 0.25) is 0 Å². The molecule has 190 valence electrons. The monoisotopic (exact) mass is 519 g/mol. The molecular formula is C22H14F5N7O3. The van der Waals surface area contributed by atoms with E-state index in [1.807, 2.05) is 0 Å². The number of hydrogen-bond acceptors (Lipinski definition) is 7. The van der Waals surface area contributed by atoms with Crippen LogP contribution in [0.2, 0.25) is 0 Å². The summed E-state index contributed by atoms with van der Waals surface area (Å²) in [7, 11) is 0. The predicted molar refractivity (Wildman–Crippen MR) is 117 cm³/mol. The van der Waals surface area contributed by atoms with E-state index in [9.17, 15) is 31.5 Å². The van der Waals surface area contributed by atoms with Gasteiger partial charge in [0.15, 0.2) is 11.8 Å². The van der Waals surface area contributed by atoms with Crippen molar-refractivity contribution in [2.75, 3.05) is 18.0 Å². The Morgan fingerprint density at radius 2 is 2.00 bits per heavy atom. The van der Waals surface area contributed by atoms with E-state index < -0.39 is 59.4 Å². The van der Waals surface area contributed by atoms with E-state index in [0.29, 0.717) is 6.07 Å². The second kappa shape index (κ2) is 8.43. The van der Waals surface area contributed by atoms with Crippen LogP contribution in [0.4, 0.5) is 27.6 Å². The van der Waals surface area contributed by atoms with E-state index in [1.165, 1.54) is 33.9 Å². The maximum Gasteiger partial charge on any atom is 0.417 e. The molecule has 0 aliphatic carbocycles. The van der Waals surface area contributed by atoms with Crippen molar-refractivity contribution in [2.45, 2.75) is 18.2 Å². The van der Waals surface area contributed by atoms with Crippen LogP contribution in [0.5, 0.6) is 5.75 Å². The Bertz CT molecular complexity index is 1670. The number of ether oxygens (including phenoxy) is 1. The summed E-state index contributed by atoms with van der Waals surface area (Å²) in [6.45, 7) is -1.31. The molecule has 0 radical (unpaired) electrons. The standard InChI is InChI=1S/C22H14F5N7O3/c23-21(24)10-33(9-17(21)37-12-2-1-11(7-28)14(5-12)22(25,26)27)16-6-15(32-34-4-3-29-18(16)34)13-8-30-20(36)31-19(13)35/h1-6,8,17H,9-10H2,(H2,30,31,35,36)/t17-/m0/s1. The van der Waals surface area contributed by atoms with Gasteiger partial charge in [-0.1, -0.05) is 0 Å². The molecule has 4 aromatic rings. The fourth-order valence-electron chi connectivity index (χ4n) is 4.02. The molecule has 1 aliphatic heterocycles. The van der Waals surface area contributed by atoms with Crippen LogP contribution in [-0.2, 0) is 6.18 Å². The van der Waals surface area contributed by atoms with Crippen molar-refractivity contribution in [3.05, 3.63) is 74.8 Å². The Morgan fingerprint density at radius 1 is 1.22 bits per heavy atom. The smallest absolute Gasteiger partial charge is 0.417 e. The Labute approximate surface area is 202 Å². The minimum atomic E-state index is -4.88. The Hall–Kier alpha value is -4.74. The highest BCUT2D eigenvalue weighted by molar-refractivity contribution is 5.74. The summed E-state index contributed by atoms with van der Waals surface area (Å²) in [6, 6.07) is 5.14. The summed E-state index contributed by atoms with van der Waals surface area (Å²) in [5, 5.41) is 13.2. The molecule has 4 heterocycles. The highest BCUT2D eigenvalue weighted by Crippen LogP contribution is 2.38. The Kier molecular flexibility index (Phi) is 5.46. The molecule has 2 N–H and O–H groups in total. The van der Waals surface area contributed by atoms with Gasteiger partial charge in [-0.15, -0.1) is 0 Å². The zero-order valence-corrected chi connectivity index (χ0v) is 18.4. The largest absolute Gasteiger partial charge is 0.482 e. The molecule has 1 aliphatic rings. The van der Waals surface area contributed by atoms with Crippen molar-refractivity contribution in [1.82, 2.24) is 24.6 Å². The summed E-state index contributed by atoms with van der Waals surface area (Å²) in [6.07, 6.45) is -2.80. The van der Waals surface area contributed by atoms with E-state index in [2.05, 4.69) is 20.1 Å². The van der Waals surface area contributed by atoms with Gasteiger partial charge in [-0.05, 0) is 24.3 Å². The second-order valence-electron chi connectivity index (χ2n) is 8.16. The average molecular weight is 519 g/mol. The number of aromatic nitrogens is 5. The van der Waals surface area contributed by atoms with E-state index in [1.54, 1.807) is 0 Å². The number of alkyl halides is 5. The Morgan fingerprint density at radius 3 is 2.70 bits per heavy atom. The first-order valence-electron chi connectivity index (χ1n) is 10.5. The maximum absolute atomic E-state index is 15.0. The third kappa shape index (κ3) is 4.37. The summed E-state index contributed by atoms with van der Waals surface area (Å²) in [5.74, 6) is -3.96. The highest BCUT2D eigenvalue weighted by atomic mass is 19.4. The third-order valence-electron chi connectivity index (χ3n) is 5.73. The molecule has 0 saturated carbocycles. The van der Waals surface area contributed by atoms with Crippen molar-refractivity contribution in [2.24, 2.45) is 0 Å². The Balaban J connectivity index is 1.50. The minimum Gasteiger partial charge on any atom is -0.482 e. The molecule has 0 amide bonds. The molecule has 5 rings (SSSR count). The molecule has 0 bridgehead atoms. The fraction of sp³-hybridized carbons (Fsp3) is 0.227. The highest BCUT2D eigenvalue weighted by Gasteiger charge is 2.51. The van der Waals surface area contributed by atoms with Gasteiger partial charge in [-0.25, -0.2) is 23.1 Å². The van der Waals surface area contributed by atoms with Crippen molar-refractivity contribution >= 4 is 11.3 Å². The predicted octanol–water partition coefficient (Wildman–Crippen LogP) is 2.57. The van der Waals surface area contributed by atoms with Gasteiger partial charge in [0.05, 0.1) is 41.5 Å². The number of nitriles is 1. The van der Waals surface area contributed by atoms with Crippen LogP contribution in [0.15, 0.2) is 52.4 Å². The lowest BCUT2D eigenvalue weighted by Crippen LogP contribution is -2.36. The topological polar surface area (TPSA) is 132 Å². The van der Waals surface area contributed by atoms with Gasteiger partial charge in [-0.2, -0.15) is 23.5 Å². The average Bonchev–Trinajstić information content (AvgIpc) is 3.41. The molecule has 0 spiro atoms. The van der Waals surface area contributed by atoms with E-state index >= 15 is 0 Å². The number of aromatic amines is 2. The van der Waals surface area contributed by atoms with E-state index in [4.69, 9.17) is 10.00 Å². The van der Waals surface area contributed by atoms with Crippen molar-refractivity contribution < 1.29 is 26.7 Å². The van der Waals surface area contributed by atoms with Gasteiger partial charge in [-0.3, -0.25) is 9.78 Å². The maximum atomic E-state index is 15.0. The van der Waals surface area contributed by atoms with Gasteiger partial charge < -0.3 is 14.6 Å².